The first kappa shape index (κ1) is 15.1. The lowest BCUT2D eigenvalue weighted by molar-refractivity contribution is -0.116. The quantitative estimate of drug-likeness (QED) is 0.906. The number of pyridine rings is 1. The number of ketones is 1. The molecule has 24 heavy (non-hydrogen) atoms. The molecular weight excluding hydrogens is 322 g/mol. The van der Waals surface area contributed by atoms with Gasteiger partial charge in [0.1, 0.15) is 11.9 Å². The SMILES string of the molecule is O=C1CCCC2=C1C(c1ccccc1Cl)N=C(c1cccnc1)N2. The van der Waals surface area contributed by atoms with E-state index in [1.807, 2.05) is 36.4 Å². The van der Waals surface area contributed by atoms with E-state index in [1.165, 1.54) is 0 Å². The summed E-state index contributed by atoms with van der Waals surface area (Å²) in [6.45, 7) is 0. The molecule has 1 N–H and O–H groups in total. The summed E-state index contributed by atoms with van der Waals surface area (Å²) in [4.78, 5) is 21.5. The standard InChI is InChI=1S/C19H16ClN3O/c20-14-7-2-1-6-13(14)18-17-15(8-3-9-16(17)24)22-19(23-18)12-5-4-10-21-11-12/h1-2,4-7,10-11,18H,3,8-9H2,(H,22,23). The fraction of sp³-hybridized carbons (Fsp3) is 0.211. The van der Waals surface area contributed by atoms with Gasteiger partial charge in [0, 0.05) is 40.7 Å². The minimum absolute atomic E-state index is 0.155. The predicted octanol–water partition coefficient (Wildman–Crippen LogP) is 3.83. The van der Waals surface area contributed by atoms with E-state index in [0.29, 0.717) is 11.4 Å². The number of rotatable bonds is 2. The van der Waals surface area contributed by atoms with Crippen molar-refractivity contribution in [2.75, 3.05) is 0 Å². The molecular formula is C19H16ClN3O. The number of benzene rings is 1. The number of nitrogens with zero attached hydrogens (tertiary/aromatic N) is 2. The molecule has 1 aromatic carbocycles. The van der Waals surface area contributed by atoms with E-state index in [1.54, 1.807) is 12.4 Å². The van der Waals surface area contributed by atoms with Crippen molar-refractivity contribution >= 4 is 23.2 Å². The maximum absolute atomic E-state index is 12.5. The van der Waals surface area contributed by atoms with Gasteiger partial charge in [0.25, 0.3) is 0 Å². The van der Waals surface area contributed by atoms with Crippen LogP contribution in [0.4, 0.5) is 0 Å². The summed E-state index contributed by atoms with van der Waals surface area (Å²) >= 11 is 6.39. The zero-order valence-electron chi connectivity index (χ0n) is 13.0. The molecule has 4 rings (SSSR count). The normalized spacial score (nSPS) is 20.3. The van der Waals surface area contributed by atoms with Crippen LogP contribution in [0, 0.1) is 0 Å². The second-order valence-corrected chi connectivity index (χ2v) is 6.34. The largest absolute Gasteiger partial charge is 0.343 e. The summed E-state index contributed by atoms with van der Waals surface area (Å²) in [7, 11) is 0. The third-order valence-corrected chi connectivity index (χ3v) is 4.74. The zero-order chi connectivity index (χ0) is 16.5. The van der Waals surface area contributed by atoms with Crippen molar-refractivity contribution in [1.29, 1.82) is 0 Å². The van der Waals surface area contributed by atoms with Gasteiger partial charge in [-0.25, -0.2) is 0 Å². The third kappa shape index (κ3) is 2.63. The fourth-order valence-electron chi connectivity index (χ4n) is 3.25. The Bertz CT molecular complexity index is 858. The Morgan fingerprint density at radius 3 is 2.79 bits per heavy atom. The zero-order valence-corrected chi connectivity index (χ0v) is 13.8. The maximum Gasteiger partial charge on any atom is 0.163 e. The van der Waals surface area contributed by atoms with Crippen LogP contribution in [0.1, 0.15) is 36.4 Å². The average molecular weight is 338 g/mol. The molecule has 1 aromatic heterocycles. The molecule has 1 atom stereocenters. The Kier molecular flexibility index (Phi) is 3.90. The Morgan fingerprint density at radius 1 is 1.12 bits per heavy atom. The first-order valence-electron chi connectivity index (χ1n) is 8.00. The Hall–Kier alpha value is -2.46. The molecule has 2 heterocycles. The van der Waals surface area contributed by atoms with Crippen LogP contribution in [0.15, 0.2) is 65.1 Å². The number of amidine groups is 1. The molecule has 0 amide bonds. The molecule has 5 heteroatoms. The van der Waals surface area contributed by atoms with Crippen molar-refractivity contribution in [3.8, 4) is 0 Å². The van der Waals surface area contributed by atoms with Gasteiger partial charge in [0.05, 0.1) is 0 Å². The van der Waals surface area contributed by atoms with Gasteiger partial charge in [0.2, 0.25) is 0 Å². The number of Topliss-reactive ketones (excluding diaryl/α,β-unsaturated/α-hetero) is 1. The number of hydrogen-bond donors (Lipinski definition) is 1. The number of carbonyl (C=O) groups excluding carboxylic acids is 1. The lowest BCUT2D eigenvalue weighted by Crippen LogP contribution is -2.35. The van der Waals surface area contributed by atoms with Crippen LogP contribution in [0.2, 0.25) is 5.02 Å². The van der Waals surface area contributed by atoms with Gasteiger partial charge in [-0.3, -0.25) is 14.8 Å². The molecule has 0 radical (unpaired) electrons. The maximum atomic E-state index is 12.5. The summed E-state index contributed by atoms with van der Waals surface area (Å²) in [6.07, 6.45) is 5.78. The van der Waals surface area contributed by atoms with E-state index in [4.69, 9.17) is 16.6 Å². The molecule has 0 fully saturated rings. The highest BCUT2D eigenvalue weighted by atomic mass is 35.5. The molecule has 0 saturated heterocycles. The minimum Gasteiger partial charge on any atom is -0.343 e. The number of carbonyl (C=O) groups is 1. The lowest BCUT2D eigenvalue weighted by Gasteiger charge is -2.31. The molecule has 4 nitrogen and oxygen atoms in total. The van der Waals surface area contributed by atoms with Crippen molar-refractivity contribution in [3.05, 3.63) is 76.2 Å². The average Bonchev–Trinajstić information content (AvgIpc) is 2.62. The van der Waals surface area contributed by atoms with E-state index in [0.717, 1.165) is 41.1 Å². The summed E-state index contributed by atoms with van der Waals surface area (Å²) in [5.74, 6) is 0.893. The van der Waals surface area contributed by atoms with Crippen molar-refractivity contribution in [1.82, 2.24) is 10.3 Å². The highest BCUT2D eigenvalue weighted by Gasteiger charge is 2.33. The molecule has 2 aliphatic rings. The van der Waals surface area contributed by atoms with Crippen LogP contribution in [-0.2, 0) is 4.79 Å². The van der Waals surface area contributed by atoms with E-state index < -0.39 is 0 Å². The fourth-order valence-corrected chi connectivity index (χ4v) is 3.49. The van der Waals surface area contributed by atoms with Gasteiger partial charge >= 0.3 is 0 Å². The van der Waals surface area contributed by atoms with E-state index in [2.05, 4.69) is 10.3 Å². The molecule has 1 aliphatic heterocycles. The Balaban J connectivity index is 1.86. The topological polar surface area (TPSA) is 54.4 Å². The summed E-state index contributed by atoms with van der Waals surface area (Å²) in [6, 6.07) is 11.1. The molecule has 0 bridgehead atoms. The van der Waals surface area contributed by atoms with Gasteiger partial charge in [-0.15, -0.1) is 0 Å². The third-order valence-electron chi connectivity index (χ3n) is 4.39. The second-order valence-electron chi connectivity index (χ2n) is 5.94. The smallest absolute Gasteiger partial charge is 0.163 e. The van der Waals surface area contributed by atoms with Crippen molar-refractivity contribution in [2.45, 2.75) is 25.3 Å². The highest BCUT2D eigenvalue weighted by molar-refractivity contribution is 6.31. The summed E-state index contributed by atoms with van der Waals surface area (Å²) < 4.78 is 0. The molecule has 0 spiro atoms. The molecule has 2 aromatic rings. The van der Waals surface area contributed by atoms with Crippen LogP contribution < -0.4 is 5.32 Å². The first-order valence-corrected chi connectivity index (χ1v) is 8.38. The molecule has 1 aliphatic carbocycles. The van der Waals surface area contributed by atoms with Crippen molar-refractivity contribution in [2.24, 2.45) is 4.99 Å². The summed E-state index contributed by atoms with van der Waals surface area (Å²) in [5.41, 5.74) is 3.48. The Morgan fingerprint density at radius 2 is 2.00 bits per heavy atom. The number of aromatic nitrogens is 1. The van der Waals surface area contributed by atoms with Crippen molar-refractivity contribution in [3.63, 3.8) is 0 Å². The number of allylic oxidation sites excluding steroid dienone is 1. The van der Waals surface area contributed by atoms with Crippen molar-refractivity contribution < 1.29 is 4.79 Å². The van der Waals surface area contributed by atoms with Crippen LogP contribution in [-0.4, -0.2) is 16.6 Å². The van der Waals surface area contributed by atoms with Crippen LogP contribution in [0.3, 0.4) is 0 Å². The predicted molar refractivity (Wildman–Crippen MR) is 94.0 cm³/mol. The summed E-state index contributed by atoms with van der Waals surface area (Å²) in [5, 5.41) is 3.98. The number of nitrogens with one attached hydrogen (secondary N) is 1. The highest BCUT2D eigenvalue weighted by Crippen LogP contribution is 2.39. The molecule has 0 saturated carbocycles. The minimum atomic E-state index is -0.363. The van der Waals surface area contributed by atoms with Crippen LogP contribution in [0.5, 0.6) is 0 Å². The van der Waals surface area contributed by atoms with Gasteiger partial charge in [-0.2, -0.15) is 0 Å². The molecule has 1 unspecified atom stereocenters. The van der Waals surface area contributed by atoms with E-state index >= 15 is 0 Å². The molecule has 120 valence electrons. The van der Waals surface area contributed by atoms with Crippen LogP contribution >= 0.6 is 11.6 Å². The Labute approximate surface area is 145 Å². The number of hydrogen-bond acceptors (Lipinski definition) is 4. The lowest BCUT2D eigenvalue weighted by atomic mass is 9.85. The van der Waals surface area contributed by atoms with Gasteiger partial charge < -0.3 is 5.32 Å². The van der Waals surface area contributed by atoms with Gasteiger partial charge in [-0.1, -0.05) is 29.8 Å². The monoisotopic (exact) mass is 337 g/mol. The number of halogens is 1. The second kappa shape index (κ2) is 6.21. The number of aliphatic imine (C=N–C) groups is 1. The van der Waals surface area contributed by atoms with E-state index in [-0.39, 0.29) is 11.8 Å². The van der Waals surface area contributed by atoms with Gasteiger partial charge in [0.15, 0.2) is 5.78 Å². The van der Waals surface area contributed by atoms with Gasteiger partial charge in [-0.05, 0) is 36.6 Å². The van der Waals surface area contributed by atoms with E-state index in [9.17, 15) is 4.79 Å². The van der Waals surface area contributed by atoms with Crippen LogP contribution in [0.25, 0.3) is 0 Å². The first-order chi connectivity index (χ1) is 11.7.